The van der Waals surface area contributed by atoms with E-state index in [-0.39, 0.29) is 5.56 Å². The summed E-state index contributed by atoms with van der Waals surface area (Å²) < 4.78 is 13.6. The first-order valence-corrected chi connectivity index (χ1v) is 7.12. The molecule has 1 atom stereocenters. The molecule has 0 heterocycles. The second-order valence-corrected chi connectivity index (χ2v) is 6.46. The topological polar surface area (TPSA) is 49.3 Å². The number of benzene rings is 1. The van der Waals surface area contributed by atoms with Gasteiger partial charge in [-0.15, -0.1) is 0 Å². The fourth-order valence-electron chi connectivity index (χ4n) is 2.98. The van der Waals surface area contributed by atoms with Gasteiger partial charge in [-0.05, 0) is 42.4 Å². The molecule has 0 bridgehead atoms. The third-order valence-electron chi connectivity index (χ3n) is 4.06. The average Bonchev–Trinajstić information content (AvgIpc) is 2.35. The molecule has 2 N–H and O–H groups in total. The highest BCUT2D eigenvalue weighted by Gasteiger charge is 2.27. The van der Waals surface area contributed by atoms with E-state index in [0.717, 1.165) is 18.4 Å². The van der Waals surface area contributed by atoms with E-state index < -0.39 is 11.8 Å². The SMILES string of the molecule is CC1(C)CCCC(NCc2ccc(C(=O)O)c(F)c2)C1. The molecule has 1 aliphatic rings. The summed E-state index contributed by atoms with van der Waals surface area (Å²) >= 11 is 0. The maximum Gasteiger partial charge on any atom is 0.338 e. The van der Waals surface area contributed by atoms with Gasteiger partial charge in [0.15, 0.2) is 0 Å². The van der Waals surface area contributed by atoms with Crippen LogP contribution in [0, 0.1) is 11.2 Å². The average molecular weight is 279 g/mol. The highest BCUT2D eigenvalue weighted by atomic mass is 19.1. The van der Waals surface area contributed by atoms with Crippen LogP contribution < -0.4 is 5.32 Å². The summed E-state index contributed by atoms with van der Waals surface area (Å²) in [5.74, 6) is -1.89. The van der Waals surface area contributed by atoms with Gasteiger partial charge in [-0.1, -0.05) is 26.3 Å². The first-order valence-electron chi connectivity index (χ1n) is 7.12. The molecule has 20 heavy (non-hydrogen) atoms. The second-order valence-electron chi connectivity index (χ2n) is 6.46. The molecule has 0 radical (unpaired) electrons. The van der Waals surface area contributed by atoms with E-state index in [2.05, 4.69) is 19.2 Å². The number of carboxylic acids is 1. The number of nitrogens with one attached hydrogen (secondary N) is 1. The van der Waals surface area contributed by atoms with E-state index in [9.17, 15) is 9.18 Å². The van der Waals surface area contributed by atoms with Crippen molar-refractivity contribution in [2.24, 2.45) is 5.41 Å². The van der Waals surface area contributed by atoms with Crippen molar-refractivity contribution in [1.82, 2.24) is 5.32 Å². The third-order valence-corrected chi connectivity index (χ3v) is 4.06. The van der Waals surface area contributed by atoms with Crippen LogP contribution >= 0.6 is 0 Å². The van der Waals surface area contributed by atoms with Crippen LogP contribution in [0.3, 0.4) is 0 Å². The Balaban J connectivity index is 1.94. The van der Waals surface area contributed by atoms with Gasteiger partial charge in [-0.3, -0.25) is 0 Å². The lowest BCUT2D eigenvalue weighted by atomic mass is 9.75. The van der Waals surface area contributed by atoms with Crippen LogP contribution in [0.4, 0.5) is 4.39 Å². The first kappa shape index (κ1) is 15.0. The Morgan fingerprint density at radius 3 is 2.85 bits per heavy atom. The normalized spacial score (nSPS) is 21.6. The van der Waals surface area contributed by atoms with Crippen molar-refractivity contribution in [3.63, 3.8) is 0 Å². The highest BCUT2D eigenvalue weighted by Crippen LogP contribution is 2.35. The van der Waals surface area contributed by atoms with Crippen molar-refractivity contribution in [3.8, 4) is 0 Å². The van der Waals surface area contributed by atoms with E-state index in [0.29, 0.717) is 18.0 Å². The van der Waals surface area contributed by atoms with Crippen LogP contribution in [0.1, 0.15) is 55.5 Å². The number of hydrogen-bond acceptors (Lipinski definition) is 2. The van der Waals surface area contributed by atoms with Crippen molar-refractivity contribution < 1.29 is 14.3 Å². The van der Waals surface area contributed by atoms with Crippen molar-refractivity contribution in [2.75, 3.05) is 0 Å². The molecule has 0 aromatic heterocycles. The Labute approximate surface area is 119 Å². The van der Waals surface area contributed by atoms with Gasteiger partial charge in [0.05, 0.1) is 5.56 Å². The molecule has 0 saturated heterocycles. The van der Waals surface area contributed by atoms with Crippen LogP contribution in [0.2, 0.25) is 0 Å². The molecule has 1 saturated carbocycles. The molecule has 4 heteroatoms. The summed E-state index contributed by atoms with van der Waals surface area (Å²) in [5, 5.41) is 12.2. The van der Waals surface area contributed by atoms with Crippen LogP contribution in [0.5, 0.6) is 0 Å². The second kappa shape index (κ2) is 5.92. The molecule has 1 unspecified atom stereocenters. The number of hydrogen-bond donors (Lipinski definition) is 2. The van der Waals surface area contributed by atoms with E-state index >= 15 is 0 Å². The van der Waals surface area contributed by atoms with Crippen LogP contribution in [-0.2, 0) is 6.54 Å². The third kappa shape index (κ3) is 3.79. The zero-order valence-electron chi connectivity index (χ0n) is 12.1. The van der Waals surface area contributed by atoms with E-state index in [1.165, 1.54) is 25.0 Å². The van der Waals surface area contributed by atoms with Crippen LogP contribution in [0.25, 0.3) is 0 Å². The quantitative estimate of drug-likeness (QED) is 0.885. The Bertz CT molecular complexity index is 499. The molecular formula is C16H22FNO2. The van der Waals surface area contributed by atoms with Gasteiger partial charge in [-0.2, -0.15) is 0 Å². The van der Waals surface area contributed by atoms with Gasteiger partial charge >= 0.3 is 5.97 Å². The Morgan fingerprint density at radius 2 is 2.25 bits per heavy atom. The zero-order valence-corrected chi connectivity index (χ0v) is 12.1. The molecule has 1 aromatic carbocycles. The van der Waals surface area contributed by atoms with Gasteiger partial charge in [0.25, 0.3) is 0 Å². The summed E-state index contributed by atoms with van der Waals surface area (Å²) in [6, 6.07) is 4.78. The monoisotopic (exact) mass is 279 g/mol. The molecule has 0 spiro atoms. The van der Waals surface area contributed by atoms with Crippen molar-refractivity contribution in [3.05, 3.63) is 35.1 Å². The van der Waals surface area contributed by atoms with Crippen LogP contribution in [-0.4, -0.2) is 17.1 Å². The fourth-order valence-corrected chi connectivity index (χ4v) is 2.98. The molecule has 1 aliphatic carbocycles. The van der Waals surface area contributed by atoms with E-state index in [1.807, 2.05) is 0 Å². The number of carbonyl (C=O) groups is 1. The largest absolute Gasteiger partial charge is 0.478 e. The number of carboxylic acid groups (broad SMARTS) is 1. The predicted octanol–water partition coefficient (Wildman–Crippen LogP) is 3.58. The Morgan fingerprint density at radius 1 is 1.50 bits per heavy atom. The van der Waals surface area contributed by atoms with Crippen molar-refractivity contribution >= 4 is 5.97 Å². The highest BCUT2D eigenvalue weighted by molar-refractivity contribution is 5.87. The standard InChI is InChI=1S/C16H22FNO2/c1-16(2)7-3-4-12(9-16)18-10-11-5-6-13(15(19)20)14(17)8-11/h5-6,8,12,18H,3-4,7,9-10H2,1-2H3,(H,19,20). The minimum absolute atomic E-state index is 0.271. The Hall–Kier alpha value is -1.42. The van der Waals surface area contributed by atoms with E-state index in [1.54, 1.807) is 6.07 Å². The summed E-state index contributed by atoms with van der Waals surface area (Å²) in [6.07, 6.45) is 4.76. The van der Waals surface area contributed by atoms with Gasteiger partial charge in [0.2, 0.25) is 0 Å². The van der Waals surface area contributed by atoms with Crippen molar-refractivity contribution in [2.45, 2.75) is 52.1 Å². The lowest BCUT2D eigenvalue weighted by Gasteiger charge is -2.35. The smallest absolute Gasteiger partial charge is 0.338 e. The fraction of sp³-hybridized carbons (Fsp3) is 0.562. The molecule has 0 aliphatic heterocycles. The summed E-state index contributed by atoms with van der Waals surface area (Å²) in [5.41, 5.74) is 0.886. The molecular weight excluding hydrogens is 257 g/mol. The van der Waals surface area contributed by atoms with Crippen molar-refractivity contribution in [1.29, 1.82) is 0 Å². The Kier molecular flexibility index (Phi) is 4.43. The summed E-state index contributed by atoms with van der Waals surface area (Å²) in [4.78, 5) is 10.8. The zero-order chi connectivity index (χ0) is 14.8. The maximum absolute atomic E-state index is 13.6. The molecule has 0 amide bonds. The number of aromatic carboxylic acids is 1. The minimum atomic E-state index is -1.23. The molecule has 1 fully saturated rings. The number of halogens is 1. The predicted molar refractivity (Wildman–Crippen MR) is 76.2 cm³/mol. The van der Waals surface area contributed by atoms with Gasteiger partial charge in [-0.25, -0.2) is 9.18 Å². The molecule has 2 rings (SSSR count). The van der Waals surface area contributed by atoms with Crippen LogP contribution in [0.15, 0.2) is 18.2 Å². The maximum atomic E-state index is 13.6. The minimum Gasteiger partial charge on any atom is -0.478 e. The van der Waals surface area contributed by atoms with E-state index in [4.69, 9.17) is 5.11 Å². The molecule has 1 aromatic rings. The summed E-state index contributed by atoms with van der Waals surface area (Å²) in [7, 11) is 0. The molecule has 110 valence electrons. The summed E-state index contributed by atoms with van der Waals surface area (Å²) in [6.45, 7) is 5.14. The van der Waals surface area contributed by atoms with Gasteiger partial charge in [0.1, 0.15) is 5.82 Å². The lowest BCUT2D eigenvalue weighted by molar-refractivity contribution is 0.0692. The van der Waals surface area contributed by atoms with Gasteiger partial charge in [0, 0.05) is 12.6 Å². The first-order chi connectivity index (χ1) is 9.37. The molecule has 3 nitrogen and oxygen atoms in total. The lowest BCUT2D eigenvalue weighted by Crippen LogP contribution is -2.36. The number of rotatable bonds is 4. The van der Waals surface area contributed by atoms with Gasteiger partial charge < -0.3 is 10.4 Å².